The molecule has 1 amide bonds. The first-order valence-electron chi connectivity index (χ1n) is 11.2. The van der Waals surface area contributed by atoms with Crippen LogP contribution in [-0.2, 0) is 14.3 Å². The van der Waals surface area contributed by atoms with Crippen molar-refractivity contribution in [3.05, 3.63) is 41.0 Å². The zero-order valence-corrected chi connectivity index (χ0v) is 19.2. The number of phenolic OH excluding ortho intramolecular Hbond substituents is 1. The second-order valence-corrected chi connectivity index (χ2v) is 8.85. The predicted octanol–water partition coefficient (Wildman–Crippen LogP) is 2.67. The molecular formula is C25H27NO8. The molecule has 3 N–H and O–H groups in total. The van der Waals surface area contributed by atoms with Crippen molar-refractivity contribution >= 4 is 11.9 Å². The number of carbonyl (C=O) groups is 2. The van der Waals surface area contributed by atoms with Crippen LogP contribution in [-0.4, -0.2) is 44.6 Å². The standard InChI is InChI=1S/C25H27NO8/c1-4-12(24(26)28)21-14-8-17-16(33-10-34-17)7-13(14)20(22-15(21)9-32-25(22)29)11-5-18(30-2)23(27)19(6-11)31-3/h5-8,12,15,20-22,27H,4,9-10H2,1-3H3,(H2,26,28). The molecule has 180 valence electrons. The lowest BCUT2D eigenvalue weighted by molar-refractivity contribution is -0.141. The molecule has 1 saturated heterocycles. The Labute approximate surface area is 196 Å². The van der Waals surface area contributed by atoms with Crippen molar-refractivity contribution in [2.75, 3.05) is 27.6 Å². The van der Waals surface area contributed by atoms with Gasteiger partial charge in [0.15, 0.2) is 23.0 Å². The van der Waals surface area contributed by atoms with Crippen LogP contribution in [0.2, 0.25) is 0 Å². The number of nitrogens with two attached hydrogens (primary N) is 1. The number of hydrogen-bond donors (Lipinski definition) is 2. The number of benzene rings is 2. The van der Waals surface area contributed by atoms with Crippen LogP contribution in [0.15, 0.2) is 24.3 Å². The van der Waals surface area contributed by atoms with Gasteiger partial charge in [0.25, 0.3) is 0 Å². The minimum absolute atomic E-state index is 0.0936. The fourth-order valence-electron chi connectivity index (χ4n) is 5.85. The van der Waals surface area contributed by atoms with Gasteiger partial charge in [-0.3, -0.25) is 9.59 Å². The van der Waals surface area contributed by atoms with E-state index < -0.39 is 23.7 Å². The Bertz CT molecular complexity index is 1140. The normalized spacial score (nSPS) is 25.2. The minimum Gasteiger partial charge on any atom is -0.502 e. The smallest absolute Gasteiger partial charge is 0.310 e. The van der Waals surface area contributed by atoms with E-state index >= 15 is 0 Å². The van der Waals surface area contributed by atoms with Gasteiger partial charge in [-0.1, -0.05) is 6.92 Å². The summed E-state index contributed by atoms with van der Waals surface area (Å²) in [5.74, 6) is -1.35. The highest BCUT2D eigenvalue weighted by molar-refractivity contribution is 5.82. The number of primary amides is 1. The maximum atomic E-state index is 13.1. The lowest BCUT2D eigenvalue weighted by atomic mass is 9.59. The summed E-state index contributed by atoms with van der Waals surface area (Å²) in [6, 6.07) is 7.17. The SMILES string of the molecule is CCC(C(N)=O)C1c2cc3c(cc2C(c2cc(OC)c(O)c(OC)c2)C2C(=O)OCC21)OCO3. The molecule has 2 aromatic carbocycles. The molecule has 0 radical (unpaired) electrons. The third-order valence-corrected chi connectivity index (χ3v) is 7.34. The summed E-state index contributed by atoms with van der Waals surface area (Å²) in [6.45, 7) is 2.20. The fraction of sp³-hybridized carbons (Fsp3) is 0.440. The number of phenols is 1. The summed E-state index contributed by atoms with van der Waals surface area (Å²) < 4.78 is 27.6. The summed E-state index contributed by atoms with van der Waals surface area (Å²) >= 11 is 0. The van der Waals surface area contributed by atoms with Gasteiger partial charge < -0.3 is 34.5 Å². The molecule has 0 bridgehead atoms. The number of carbonyl (C=O) groups excluding carboxylic acids is 2. The number of amides is 1. The summed E-state index contributed by atoms with van der Waals surface area (Å²) in [7, 11) is 2.90. The number of aromatic hydroxyl groups is 1. The largest absolute Gasteiger partial charge is 0.502 e. The van der Waals surface area contributed by atoms with E-state index in [1.54, 1.807) is 12.1 Å². The van der Waals surface area contributed by atoms with Crippen LogP contribution in [0.25, 0.3) is 0 Å². The molecule has 0 spiro atoms. The Hall–Kier alpha value is -3.62. The molecule has 5 atom stereocenters. The molecule has 34 heavy (non-hydrogen) atoms. The molecule has 5 rings (SSSR count). The Morgan fingerprint density at radius 1 is 1.09 bits per heavy atom. The first-order chi connectivity index (χ1) is 16.4. The lowest BCUT2D eigenvalue weighted by Gasteiger charge is -2.41. The van der Waals surface area contributed by atoms with Crippen LogP contribution in [0.4, 0.5) is 0 Å². The van der Waals surface area contributed by atoms with E-state index in [0.29, 0.717) is 23.5 Å². The summed E-state index contributed by atoms with van der Waals surface area (Å²) in [5, 5.41) is 10.5. The number of ether oxygens (including phenoxy) is 5. The average Bonchev–Trinajstić information content (AvgIpc) is 3.44. The molecule has 0 saturated carbocycles. The maximum absolute atomic E-state index is 13.1. The number of hydrogen-bond acceptors (Lipinski definition) is 8. The van der Waals surface area contributed by atoms with Gasteiger partial charge in [-0.25, -0.2) is 0 Å². The molecule has 2 aromatic rings. The molecular weight excluding hydrogens is 442 g/mol. The van der Waals surface area contributed by atoms with Gasteiger partial charge in [0, 0.05) is 23.7 Å². The summed E-state index contributed by atoms with van der Waals surface area (Å²) in [5.41, 5.74) is 8.24. The van der Waals surface area contributed by atoms with E-state index in [-0.39, 0.29) is 48.5 Å². The Balaban J connectivity index is 1.78. The van der Waals surface area contributed by atoms with Gasteiger partial charge in [0.2, 0.25) is 18.4 Å². The highest BCUT2D eigenvalue weighted by Gasteiger charge is 2.54. The van der Waals surface area contributed by atoms with E-state index in [0.717, 1.165) is 11.1 Å². The maximum Gasteiger partial charge on any atom is 0.310 e. The van der Waals surface area contributed by atoms with E-state index in [9.17, 15) is 14.7 Å². The second kappa shape index (κ2) is 8.30. The van der Waals surface area contributed by atoms with Gasteiger partial charge in [-0.15, -0.1) is 0 Å². The molecule has 0 aromatic heterocycles. The summed E-state index contributed by atoms with van der Waals surface area (Å²) in [6.07, 6.45) is 0.525. The molecule has 5 unspecified atom stereocenters. The molecule has 3 aliphatic rings. The quantitative estimate of drug-likeness (QED) is 0.619. The van der Waals surface area contributed by atoms with Crippen LogP contribution >= 0.6 is 0 Å². The van der Waals surface area contributed by atoms with Crippen molar-refractivity contribution < 1.29 is 38.4 Å². The number of fused-ring (bicyclic) bond motifs is 3. The minimum atomic E-state index is -0.565. The fourth-order valence-corrected chi connectivity index (χ4v) is 5.85. The van der Waals surface area contributed by atoms with Crippen molar-refractivity contribution in [2.45, 2.75) is 25.2 Å². The van der Waals surface area contributed by atoms with Crippen molar-refractivity contribution in [2.24, 2.45) is 23.5 Å². The zero-order chi connectivity index (χ0) is 24.1. The highest BCUT2D eigenvalue weighted by atomic mass is 16.7. The zero-order valence-electron chi connectivity index (χ0n) is 19.2. The Kier molecular flexibility index (Phi) is 5.42. The number of esters is 1. The summed E-state index contributed by atoms with van der Waals surface area (Å²) in [4.78, 5) is 25.6. The van der Waals surface area contributed by atoms with E-state index in [2.05, 4.69) is 0 Å². The van der Waals surface area contributed by atoms with Crippen LogP contribution < -0.4 is 24.7 Å². The van der Waals surface area contributed by atoms with Crippen molar-refractivity contribution in [3.63, 3.8) is 0 Å². The molecule has 9 nitrogen and oxygen atoms in total. The van der Waals surface area contributed by atoms with E-state index in [1.807, 2.05) is 19.1 Å². The second-order valence-electron chi connectivity index (χ2n) is 8.85. The first kappa shape index (κ1) is 22.2. The van der Waals surface area contributed by atoms with Crippen molar-refractivity contribution in [1.82, 2.24) is 0 Å². The molecule has 2 heterocycles. The van der Waals surface area contributed by atoms with Gasteiger partial charge >= 0.3 is 5.97 Å². The molecule has 9 heteroatoms. The van der Waals surface area contributed by atoms with Crippen molar-refractivity contribution in [1.29, 1.82) is 0 Å². The molecule has 1 fully saturated rings. The van der Waals surface area contributed by atoms with Crippen LogP contribution in [0, 0.1) is 17.8 Å². The van der Waals surface area contributed by atoms with Gasteiger partial charge in [-0.05, 0) is 47.4 Å². The van der Waals surface area contributed by atoms with E-state index in [4.69, 9.17) is 29.4 Å². The number of cyclic esters (lactones) is 1. The van der Waals surface area contributed by atoms with E-state index in [1.165, 1.54) is 14.2 Å². The first-order valence-corrected chi connectivity index (χ1v) is 11.2. The average molecular weight is 469 g/mol. The molecule has 2 aliphatic heterocycles. The highest BCUT2D eigenvalue weighted by Crippen LogP contribution is 2.58. The van der Waals surface area contributed by atoms with Gasteiger partial charge in [0.1, 0.15) is 0 Å². The van der Waals surface area contributed by atoms with Crippen molar-refractivity contribution in [3.8, 4) is 28.7 Å². The third kappa shape index (κ3) is 3.21. The third-order valence-electron chi connectivity index (χ3n) is 7.34. The van der Waals surface area contributed by atoms with Crippen LogP contribution in [0.1, 0.15) is 41.9 Å². The van der Waals surface area contributed by atoms with Crippen LogP contribution in [0.5, 0.6) is 28.7 Å². The van der Waals surface area contributed by atoms with Gasteiger partial charge in [0.05, 0.1) is 26.7 Å². The number of methoxy groups -OCH3 is 2. The van der Waals surface area contributed by atoms with Crippen LogP contribution in [0.3, 0.4) is 0 Å². The Morgan fingerprint density at radius 3 is 2.26 bits per heavy atom. The lowest BCUT2D eigenvalue weighted by Crippen LogP contribution is -2.41. The Morgan fingerprint density at radius 2 is 1.71 bits per heavy atom. The topological polar surface area (TPSA) is 127 Å². The van der Waals surface area contributed by atoms with Gasteiger partial charge in [-0.2, -0.15) is 0 Å². The molecule has 1 aliphatic carbocycles. The number of rotatable bonds is 6. The monoisotopic (exact) mass is 469 g/mol. The predicted molar refractivity (Wildman–Crippen MR) is 119 cm³/mol.